The summed E-state index contributed by atoms with van der Waals surface area (Å²) in [4.78, 5) is 0. The summed E-state index contributed by atoms with van der Waals surface area (Å²) in [5.41, 5.74) is 1.18. The highest BCUT2D eigenvalue weighted by atomic mass is 19.4. The SMILES string of the molecule is CCCCc1cc(CO)cc(OC(F)(F)F)c1. The Morgan fingerprint density at radius 3 is 2.35 bits per heavy atom. The van der Waals surface area contributed by atoms with Gasteiger partial charge in [-0.25, -0.2) is 0 Å². The lowest BCUT2D eigenvalue weighted by Gasteiger charge is -2.11. The number of hydrogen-bond acceptors (Lipinski definition) is 2. The molecule has 0 spiro atoms. The number of alkyl halides is 3. The average molecular weight is 248 g/mol. The minimum atomic E-state index is -4.70. The second-order valence-corrected chi connectivity index (χ2v) is 3.79. The number of aryl methyl sites for hydroxylation is 1. The maximum absolute atomic E-state index is 12.1. The number of unbranched alkanes of at least 4 members (excludes halogenated alkanes) is 1. The Labute approximate surface area is 98.0 Å². The van der Waals surface area contributed by atoms with Crippen molar-refractivity contribution in [1.29, 1.82) is 0 Å². The van der Waals surface area contributed by atoms with E-state index in [1.807, 2.05) is 6.92 Å². The quantitative estimate of drug-likeness (QED) is 0.865. The smallest absolute Gasteiger partial charge is 0.406 e. The van der Waals surface area contributed by atoms with E-state index >= 15 is 0 Å². The third kappa shape index (κ3) is 5.08. The Hall–Kier alpha value is -1.23. The summed E-state index contributed by atoms with van der Waals surface area (Å²) < 4.78 is 40.1. The van der Waals surface area contributed by atoms with E-state index in [4.69, 9.17) is 5.11 Å². The molecule has 17 heavy (non-hydrogen) atoms. The zero-order chi connectivity index (χ0) is 12.9. The first-order chi connectivity index (χ1) is 7.94. The lowest BCUT2D eigenvalue weighted by molar-refractivity contribution is -0.274. The molecule has 0 atom stereocenters. The number of benzene rings is 1. The Bertz CT molecular complexity index is 361. The fraction of sp³-hybridized carbons (Fsp3) is 0.500. The highest BCUT2D eigenvalue weighted by Crippen LogP contribution is 2.25. The highest BCUT2D eigenvalue weighted by Gasteiger charge is 2.31. The van der Waals surface area contributed by atoms with Gasteiger partial charge in [0.05, 0.1) is 6.61 Å². The van der Waals surface area contributed by atoms with Crippen LogP contribution in [-0.4, -0.2) is 11.5 Å². The van der Waals surface area contributed by atoms with E-state index < -0.39 is 6.36 Å². The molecule has 0 unspecified atom stereocenters. The molecule has 1 N–H and O–H groups in total. The van der Waals surface area contributed by atoms with Crippen molar-refractivity contribution in [1.82, 2.24) is 0 Å². The molecule has 2 nitrogen and oxygen atoms in total. The predicted octanol–water partition coefficient (Wildman–Crippen LogP) is 3.42. The van der Waals surface area contributed by atoms with Crippen LogP contribution >= 0.6 is 0 Å². The van der Waals surface area contributed by atoms with E-state index in [1.54, 1.807) is 6.07 Å². The van der Waals surface area contributed by atoms with Gasteiger partial charge in [0.15, 0.2) is 0 Å². The molecule has 0 saturated carbocycles. The van der Waals surface area contributed by atoms with Gasteiger partial charge in [0.1, 0.15) is 5.75 Å². The molecule has 1 aromatic carbocycles. The Morgan fingerprint density at radius 1 is 1.18 bits per heavy atom. The van der Waals surface area contributed by atoms with Crippen LogP contribution in [-0.2, 0) is 13.0 Å². The van der Waals surface area contributed by atoms with E-state index in [0.29, 0.717) is 12.0 Å². The number of hydrogen-bond donors (Lipinski definition) is 1. The minimum Gasteiger partial charge on any atom is -0.406 e. The monoisotopic (exact) mass is 248 g/mol. The van der Waals surface area contributed by atoms with Gasteiger partial charge in [-0.3, -0.25) is 0 Å². The van der Waals surface area contributed by atoms with Crippen molar-refractivity contribution < 1.29 is 23.0 Å². The van der Waals surface area contributed by atoms with Crippen molar-refractivity contribution in [2.45, 2.75) is 39.2 Å². The maximum atomic E-state index is 12.1. The average Bonchev–Trinajstić information content (AvgIpc) is 2.23. The van der Waals surface area contributed by atoms with Gasteiger partial charge in [-0.05, 0) is 36.1 Å². The number of aliphatic hydroxyl groups is 1. The first-order valence-corrected chi connectivity index (χ1v) is 5.44. The molecule has 0 fully saturated rings. The van der Waals surface area contributed by atoms with Crippen LogP contribution in [0.3, 0.4) is 0 Å². The third-order valence-corrected chi connectivity index (χ3v) is 2.26. The summed E-state index contributed by atoms with van der Waals surface area (Å²) in [7, 11) is 0. The fourth-order valence-electron chi connectivity index (χ4n) is 1.54. The Balaban J connectivity index is 2.88. The van der Waals surface area contributed by atoms with Crippen LogP contribution in [0.5, 0.6) is 5.75 Å². The van der Waals surface area contributed by atoms with Crippen LogP contribution in [0, 0.1) is 0 Å². The van der Waals surface area contributed by atoms with Gasteiger partial charge in [-0.2, -0.15) is 0 Å². The van der Waals surface area contributed by atoms with Crippen molar-refractivity contribution >= 4 is 0 Å². The molecule has 0 saturated heterocycles. The van der Waals surface area contributed by atoms with Crippen molar-refractivity contribution in [2.24, 2.45) is 0 Å². The molecule has 0 radical (unpaired) electrons. The summed E-state index contributed by atoms with van der Waals surface area (Å²) >= 11 is 0. The zero-order valence-corrected chi connectivity index (χ0v) is 9.55. The molecule has 0 aromatic heterocycles. The summed E-state index contributed by atoms with van der Waals surface area (Å²) in [6.07, 6.45) is -2.17. The van der Waals surface area contributed by atoms with E-state index in [9.17, 15) is 13.2 Å². The molecule has 96 valence electrons. The summed E-state index contributed by atoms with van der Waals surface area (Å²) in [6.45, 7) is 1.71. The van der Waals surface area contributed by atoms with Crippen LogP contribution in [0.4, 0.5) is 13.2 Å². The number of rotatable bonds is 5. The normalized spacial score (nSPS) is 11.6. The molecule has 5 heteroatoms. The van der Waals surface area contributed by atoms with Gasteiger partial charge in [0.25, 0.3) is 0 Å². The van der Waals surface area contributed by atoms with Gasteiger partial charge in [0.2, 0.25) is 0 Å². The largest absolute Gasteiger partial charge is 0.573 e. The number of aliphatic hydroxyl groups excluding tert-OH is 1. The van der Waals surface area contributed by atoms with E-state index in [0.717, 1.165) is 18.4 Å². The van der Waals surface area contributed by atoms with Crippen molar-refractivity contribution in [3.8, 4) is 5.75 Å². The topological polar surface area (TPSA) is 29.5 Å². The minimum absolute atomic E-state index is 0.268. The number of halogens is 3. The second-order valence-electron chi connectivity index (χ2n) is 3.79. The van der Waals surface area contributed by atoms with Gasteiger partial charge >= 0.3 is 6.36 Å². The molecule has 0 aliphatic rings. The third-order valence-electron chi connectivity index (χ3n) is 2.26. The van der Waals surface area contributed by atoms with Gasteiger partial charge in [-0.1, -0.05) is 19.4 Å². The molecular weight excluding hydrogens is 233 g/mol. The van der Waals surface area contributed by atoms with Crippen LogP contribution in [0.25, 0.3) is 0 Å². The standard InChI is InChI=1S/C12H15F3O2/c1-2-3-4-9-5-10(8-16)7-11(6-9)17-12(13,14)15/h5-7,16H,2-4,8H2,1H3. The van der Waals surface area contributed by atoms with E-state index in [1.165, 1.54) is 12.1 Å². The molecule has 0 amide bonds. The first-order valence-electron chi connectivity index (χ1n) is 5.44. The van der Waals surface area contributed by atoms with Crippen LogP contribution < -0.4 is 4.74 Å². The highest BCUT2D eigenvalue weighted by molar-refractivity contribution is 5.34. The lowest BCUT2D eigenvalue weighted by Crippen LogP contribution is -2.17. The molecule has 0 aliphatic carbocycles. The van der Waals surface area contributed by atoms with Crippen LogP contribution in [0.1, 0.15) is 30.9 Å². The molecule has 0 heterocycles. The van der Waals surface area contributed by atoms with E-state index in [2.05, 4.69) is 4.74 Å². The van der Waals surface area contributed by atoms with Crippen molar-refractivity contribution in [3.05, 3.63) is 29.3 Å². The van der Waals surface area contributed by atoms with Crippen molar-refractivity contribution in [2.75, 3.05) is 0 Å². The van der Waals surface area contributed by atoms with Gasteiger partial charge in [0, 0.05) is 0 Å². The summed E-state index contributed by atoms with van der Waals surface area (Å²) in [5, 5.41) is 8.97. The molecule has 1 aromatic rings. The summed E-state index contributed by atoms with van der Waals surface area (Å²) in [6, 6.07) is 4.25. The molecule has 0 bridgehead atoms. The lowest BCUT2D eigenvalue weighted by atomic mass is 10.1. The van der Waals surface area contributed by atoms with Crippen molar-refractivity contribution in [3.63, 3.8) is 0 Å². The van der Waals surface area contributed by atoms with Crippen LogP contribution in [0.2, 0.25) is 0 Å². The predicted molar refractivity (Wildman–Crippen MR) is 57.7 cm³/mol. The van der Waals surface area contributed by atoms with Gasteiger partial charge < -0.3 is 9.84 Å². The Kier molecular flexibility index (Phi) is 4.81. The molecule has 1 rings (SSSR count). The molecular formula is C12H15F3O2. The van der Waals surface area contributed by atoms with Gasteiger partial charge in [-0.15, -0.1) is 13.2 Å². The zero-order valence-electron chi connectivity index (χ0n) is 9.55. The van der Waals surface area contributed by atoms with E-state index in [-0.39, 0.29) is 12.4 Å². The summed E-state index contributed by atoms with van der Waals surface area (Å²) in [5.74, 6) is -0.268. The number of ether oxygens (including phenoxy) is 1. The van der Waals surface area contributed by atoms with Crippen LogP contribution in [0.15, 0.2) is 18.2 Å². The maximum Gasteiger partial charge on any atom is 0.573 e. The first kappa shape index (κ1) is 13.8. The Morgan fingerprint density at radius 2 is 1.82 bits per heavy atom. The fourth-order valence-corrected chi connectivity index (χ4v) is 1.54. The molecule has 0 aliphatic heterocycles. The second kappa shape index (κ2) is 5.91.